The lowest BCUT2D eigenvalue weighted by Gasteiger charge is -2.37. The fraction of sp³-hybridized carbons (Fsp3) is 0.312. The molecule has 0 aliphatic carbocycles. The van der Waals surface area contributed by atoms with Crippen LogP contribution in [0.3, 0.4) is 0 Å². The van der Waals surface area contributed by atoms with Gasteiger partial charge in [0.25, 0.3) is 5.56 Å². The number of rotatable bonds is 12. The Morgan fingerprint density at radius 2 is 1.49 bits per heavy atom. The molecule has 5 rings (SSSR count). The number of nitrogens with one attached hydrogen (secondary N) is 1. The van der Waals surface area contributed by atoms with Gasteiger partial charge in [0.15, 0.2) is 0 Å². The predicted octanol–water partition coefficient (Wildman–Crippen LogP) is 4.41. The van der Waals surface area contributed by atoms with E-state index in [1.807, 2.05) is 78.9 Å². The Morgan fingerprint density at radius 3 is 2.02 bits per heavy atom. The van der Waals surface area contributed by atoms with Gasteiger partial charge in [0.05, 0.1) is 26.9 Å². The van der Waals surface area contributed by atoms with Crippen molar-refractivity contribution in [2.45, 2.75) is 37.4 Å². The molecule has 45 heavy (non-hydrogen) atoms. The second-order valence-electron chi connectivity index (χ2n) is 10.5. The van der Waals surface area contributed by atoms with E-state index >= 15 is 0 Å². The monoisotopic (exact) mass is 654 g/mol. The van der Waals surface area contributed by atoms with E-state index in [4.69, 9.17) is 39.8 Å². The van der Waals surface area contributed by atoms with E-state index < -0.39 is 42.0 Å². The van der Waals surface area contributed by atoms with Gasteiger partial charge in [0, 0.05) is 25.3 Å². The Hall–Kier alpha value is -3.61. The number of benzene rings is 3. The SMILES string of the molecule is COc1ccc(C(OC[C@H]2O[C@@H](n3cc(C)c(=O)[nH]c3=O)C[C@@H]2OP(O)(=S)OC)(c2ccccc2)c2ccc(OC)cc2)cc1. The van der Waals surface area contributed by atoms with Crippen LogP contribution in [-0.4, -0.2) is 54.6 Å². The zero-order valence-electron chi connectivity index (χ0n) is 25.2. The third-order valence-corrected chi connectivity index (χ3v) is 9.48. The highest BCUT2D eigenvalue weighted by atomic mass is 32.5. The van der Waals surface area contributed by atoms with E-state index in [0.29, 0.717) is 17.1 Å². The maximum absolute atomic E-state index is 12.8. The fourth-order valence-electron chi connectivity index (χ4n) is 5.43. The molecule has 1 unspecified atom stereocenters. The molecule has 1 saturated heterocycles. The molecule has 1 fully saturated rings. The van der Waals surface area contributed by atoms with E-state index in [9.17, 15) is 14.5 Å². The molecule has 0 saturated carbocycles. The summed E-state index contributed by atoms with van der Waals surface area (Å²) in [4.78, 5) is 37.7. The van der Waals surface area contributed by atoms with E-state index in [1.54, 1.807) is 21.1 Å². The van der Waals surface area contributed by atoms with Gasteiger partial charge in [0.2, 0.25) is 0 Å². The summed E-state index contributed by atoms with van der Waals surface area (Å²) < 4.78 is 36.4. The highest BCUT2D eigenvalue weighted by Crippen LogP contribution is 2.49. The number of aromatic nitrogens is 2. The van der Waals surface area contributed by atoms with E-state index in [-0.39, 0.29) is 13.0 Å². The number of methoxy groups -OCH3 is 2. The van der Waals surface area contributed by atoms with Crippen LogP contribution >= 0.6 is 6.72 Å². The Kier molecular flexibility index (Phi) is 10.0. The molecule has 4 atom stereocenters. The molecule has 1 aromatic heterocycles. The van der Waals surface area contributed by atoms with E-state index in [0.717, 1.165) is 16.7 Å². The molecule has 0 bridgehead atoms. The minimum atomic E-state index is -3.64. The summed E-state index contributed by atoms with van der Waals surface area (Å²) in [5.74, 6) is 1.36. The van der Waals surface area contributed by atoms with Crippen molar-refractivity contribution in [3.05, 3.63) is 128 Å². The van der Waals surface area contributed by atoms with Gasteiger partial charge in [-0.2, -0.15) is 0 Å². The summed E-state index contributed by atoms with van der Waals surface area (Å²) in [6.07, 6.45) is -0.902. The van der Waals surface area contributed by atoms with E-state index in [2.05, 4.69) is 4.98 Å². The van der Waals surface area contributed by atoms with Crippen LogP contribution in [0.5, 0.6) is 11.5 Å². The number of hydrogen-bond acceptors (Lipinski definition) is 9. The first-order chi connectivity index (χ1) is 21.6. The first-order valence-electron chi connectivity index (χ1n) is 14.1. The molecule has 4 aromatic rings. The molecule has 0 amide bonds. The van der Waals surface area contributed by atoms with Crippen LogP contribution in [0.15, 0.2) is 94.6 Å². The van der Waals surface area contributed by atoms with Gasteiger partial charge in [0.1, 0.15) is 29.4 Å². The molecule has 2 N–H and O–H groups in total. The Labute approximate surface area is 265 Å². The van der Waals surface area contributed by atoms with Crippen molar-refractivity contribution >= 4 is 18.5 Å². The van der Waals surface area contributed by atoms with Crippen LogP contribution < -0.4 is 20.7 Å². The van der Waals surface area contributed by atoms with Gasteiger partial charge in [-0.05, 0) is 59.7 Å². The highest BCUT2D eigenvalue weighted by molar-refractivity contribution is 8.07. The lowest BCUT2D eigenvalue weighted by molar-refractivity contribution is -0.0926. The summed E-state index contributed by atoms with van der Waals surface area (Å²) in [6, 6.07) is 24.9. The minimum Gasteiger partial charge on any atom is -0.497 e. The zero-order valence-corrected chi connectivity index (χ0v) is 27.0. The molecule has 1 aliphatic heterocycles. The van der Waals surface area contributed by atoms with Gasteiger partial charge < -0.3 is 32.9 Å². The van der Waals surface area contributed by atoms with Crippen LogP contribution in [0.1, 0.15) is 34.9 Å². The molecular weight excluding hydrogens is 619 g/mol. The van der Waals surface area contributed by atoms with E-state index in [1.165, 1.54) is 17.9 Å². The topological polar surface area (TPSA) is 130 Å². The van der Waals surface area contributed by atoms with Crippen molar-refractivity contribution in [3.8, 4) is 11.5 Å². The number of H-pyrrole nitrogens is 1. The van der Waals surface area contributed by atoms with Gasteiger partial charge in [-0.3, -0.25) is 14.3 Å². The lowest BCUT2D eigenvalue weighted by atomic mass is 9.80. The lowest BCUT2D eigenvalue weighted by Crippen LogP contribution is -2.38. The number of nitrogens with zero attached hydrogens (tertiary/aromatic N) is 1. The average Bonchev–Trinajstić information content (AvgIpc) is 3.45. The third kappa shape index (κ3) is 6.97. The fourth-order valence-corrected chi connectivity index (χ4v) is 6.41. The molecule has 1 aliphatic rings. The van der Waals surface area contributed by atoms with Crippen LogP contribution in [0.2, 0.25) is 0 Å². The van der Waals surface area contributed by atoms with Gasteiger partial charge in [-0.1, -0.05) is 54.6 Å². The molecule has 0 spiro atoms. The van der Waals surface area contributed by atoms with Crippen molar-refractivity contribution < 1.29 is 32.9 Å². The standard InChI is InChI=1S/C32H35N2O9PS/c1-21-19-34(31(36)33-30(21)35)29-18-27(43-44(37,45)40-4)28(42-29)20-41-32(22-8-6-5-7-9-22,23-10-14-25(38-2)15-11-23)24-12-16-26(39-3)17-13-24/h5-17,19,27-29H,18,20H2,1-4H3,(H,37,45)(H,33,35,36)/t27-,28+,29+,44?/m0/s1. The minimum absolute atomic E-state index is 0.0513. The van der Waals surface area contributed by atoms with Crippen molar-refractivity contribution in [1.29, 1.82) is 0 Å². The Morgan fingerprint density at radius 1 is 0.933 bits per heavy atom. The summed E-state index contributed by atoms with van der Waals surface area (Å²) >= 11 is 5.17. The first kappa shape index (κ1) is 32.8. The van der Waals surface area contributed by atoms with Crippen molar-refractivity contribution in [2.75, 3.05) is 27.9 Å². The molecule has 2 heterocycles. The van der Waals surface area contributed by atoms with Gasteiger partial charge >= 0.3 is 12.4 Å². The number of hydrogen-bond donors (Lipinski definition) is 2. The molecular formula is C32H35N2O9PS. The summed E-state index contributed by atoms with van der Waals surface area (Å²) in [7, 11) is 4.47. The van der Waals surface area contributed by atoms with Gasteiger partial charge in [-0.15, -0.1) is 0 Å². The molecule has 3 aromatic carbocycles. The van der Waals surface area contributed by atoms with Crippen molar-refractivity contribution in [2.24, 2.45) is 0 Å². The zero-order chi connectivity index (χ0) is 32.2. The summed E-state index contributed by atoms with van der Waals surface area (Å²) in [5.41, 5.74) is 0.509. The molecule has 11 nitrogen and oxygen atoms in total. The highest BCUT2D eigenvalue weighted by Gasteiger charge is 2.44. The second-order valence-corrected chi connectivity index (χ2v) is 13.4. The van der Waals surface area contributed by atoms with Crippen LogP contribution in [0, 0.1) is 6.92 Å². The number of ether oxygens (including phenoxy) is 4. The van der Waals surface area contributed by atoms with Crippen LogP contribution in [-0.2, 0) is 35.9 Å². The molecule has 13 heteroatoms. The normalized spacial score (nSPS) is 19.6. The van der Waals surface area contributed by atoms with Crippen LogP contribution in [0.4, 0.5) is 0 Å². The third-order valence-electron chi connectivity index (χ3n) is 7.77. The molecule has 238 valence electrons. The smallest absolute Gasteiger partial charge is 0.330 e. The maximum Gasteiger partial charge on any atom is 0.330 e. The van der Waals surface area contributed by atoms with Crippen molar-refractivity contribution in [1.82, 2.24) is 9.55 Å². The maximum atomic E-state index is 12.8. The Bertz CT molecular complexity index is 1710. The quantitative estimate of drug-likeness (QED) is 0.167. The van der Waals surface area contributed by atoms with Crippen molar-refractivity contribution in [3.63, 3.8) is 0 Å². The summed E-state index contributed by atoms with van der Waals surface area (Å²) in [5, 5.41) is 0. The van der Waals surface area contributed by atoms with Gasteiger partial charge in [-0.25, -0.2) is 4.79 Å². The average molecular weight is 655 g/mol. The largest absolute Gasteiger partial charge is 0.497 e. The first-order valence-corrected chi connectivity index (χ1v) is 16.7. The molecule has 0 radical (unpaired) electrons. The number of aromatic amines is 1. The number of aryl methyl sites for hydroxylation is 1. The summed E-state index contributed by atoms with van der Waals surface area (Å²) in [6.45, 7) is -2.10. The second kappa shape index (κ2) is 13.8. The predicted molar refractivity (Wildman–Crippen MR) is 171 cm³/mol. The van der Waals surface area contributed by atoms with Crippen LogP contribution in [0.25, 0.3) is 0 Å². The Balaban J connectivity index is 1.59.